The summed E-state index contributed by atoms with van der Waals surface area (Å²) in [6, 6.07) is 6.50. The topological polar surface area (TPSA) is 86.7 Å². The van der Waals surface area contributed by atoms with E-state index in [9.17, 15) is 13.2 Å². The number of benzene rings is 1. The van der Waals surface area contributed by atoms with Crippen molar-refractivity contribution in [1.82, 2.24) is 4.72 Å². The summed E-state index contributed by atoms with van der Waals surface area (Å²) < 4.78 is 25.5. The molecule has 0 amide bonds. The van der Waals surface area contributed by atoms with E-state index in [0.717, 1.165) is 18.7 Å². The molecule has 2 N–H and O–H groups in total. The van der Waals surface area contributed by atoms with Gasteiger partial charge in [-0.05, 0) is 44.2 Å². The zero-order valence-electron chi connectivity index (χ0n) is 11.2. The molecule has 0 aliphatic carbocycles. The van der Waals surface area contributed by atoms with Crippen LogP contribution in [-0.4, -0.2) is 39.6 Å². The first-order chi connectivity index (χ1) is 9.44. The van der Waals surface area contributed by atoms with Gasteiger partial charge in [-0.3, -0.25) is 4.79 Å². The van der Waals surface area contributed by atoms with Gasteiger partial charge in [0.15, 0.2) is 0 Å². The maximum absolute atomic E-state index is 11.6. The van der Waals surface area contributed by atoms with Gasteiger partial charge in [0.05, 0.1) is 10.8 Å². The van der Waals surface area contributed by atoms with Gasteiger partial charge < -0.3 is 10.0 Å². The number of aliphatic carboxylic acids is 1. The Bertz CT molecular complexity index is 583. The van der Waals surface area contributed by atoms with E-state index in [1.54, 1.807) is 12.1 Å². The van der Waals surface area contributed by atoms with Crippen LogP contribution in [-0.2, 0) is 14.8 Å². The number of hydrogen-bond donors (Lipinski definition) is 2. The van der Waals surface area contributed by atoms with Crippen molar-refractivity contribution < 1.29 is 18.3 Å². The third-order valence-electron chi connectivity index (χ3n) is 3.55. The van der Waals surface area contributed by atoms with Gasteiger partial charge in [0, 0.05) is 18.8 Å². The molecule has 20 heavy (non-hydrogen) atoms. The summed E-state index contributed by atoms with van der Waals surface area (Å²) in [7, 11) is -2.07. The van der Waals surface area contributed by atoms with Crippen molar-refractivity contribution in [3.05, 3.63) is 24.3 Å². The number of carbonyl (C=O) groups is 1. The van der Waals surface area contributed by atoms with Crippen LogP contribution in [0.15, 0.2) is 29.2 Å². The standard InChI is InChI=1S/C13H18N2O4S/c1-14-20(18,19)12-6-4-11(5-7-12)15-8-2-3-10(9-15)13(16)17/h4-7,10,14H,2-3,8-9H2,1H3,(H,16,17). The van der Waals surface area contributed by atoms with Gasteiger partial charge in [-0.25, -0.2) is 13.1 Å². The lowest BCUT2D eigenvalue weighted by Crippen LogP contribution is -2.38. The Balaban J connectivity index is 2.16. The highest BCUT2D eigenvalue weighted by atomic mass is 32.2. The fraction of sp³-hybridized carbons (Fsp3) is 0.462. The number of rotatable bonds is 4. The first-order valence-electron chi connectivity index (χ1n) is 6.45. The Morgan fingerprint density at radius 2 is 2.00 bits per heavy atom. The first-order valence-corrected chi connectivity index (χ1v) is 7.94. The summed E-state index contributed by atoms with van der Waals surface area (Å²) in [5.74, 6) is -1.13. The number of anilines is 1. The SMILES string of the molecule is CNS(=O)(=O)c1ccc(N2CCCC(C(=O)O)C2)cc1. The lowest BCUT2D eigenvalue weighted by atomic mass is 9.98. The second-order valence-corrected chi connectivity index (χ2v) is 6.71. The van der Waals surface area contributed by atoms with Crippen molar-refractivity contribution in [3.63, 3.8) is 0 Å². The average Bonchev–Trinajstić information content (AvgIpc) is 2.47. The molecule has 1 fully saturated rings. The van der Waals surface area contributed by atoms with E-state index in [4.69, 9.17) is 5.11 Å². The van der Waals surface area contributed by atoms with Gasteiger partial charge in [0.1, 0.15) is 0 Å². The van der Waals surface area contributed by atoms with E-state index in [1.807, 2.05) is 4.90 Å². The summed E-state index contributed by atoms with van der Waals surface area (Å²) in [6.07, 6.45) is 1.52. The Morgan fingerprint density at radius 3 is 2.55 bits per heavy atom. The van der Waals surface area contributed by atoms with Gasteiger partial charge in [0.2, 0.25) is 10.0 Å². The fourth-order valence-corrected chi connectivity index (χ4v) is 3.10. The van der Waals surface area contributed by atoms with Crippen molar-refractivity contribution in [2.24, 2.45) is 5.92 Å². The molecule has 1 aromatic rings. The highest BCUT2D eigenvalue weighted by Crippen LogP contribution is 2.24. The minimum atomic E-state index is -3.43. The van der Waals surface area contributed by atoms with E-state index < -0.39 is 16.0 Å². The number of nitrogens with zero attached hydrogens (tertiary/aromatic N) is 1. The minimum absolute atomic E-state index is 0.204. The molecule has 110 valence electrons. The van der Waals surface area contributed by atoms with Crippen LogP contribution in [0.1, 0.15) is 12.8 Å². The molecule has 6 nitrogen and oxygen atoms in total. The van der Waals surface area contributed by atoms with E-state index in [1.165, 1.54) is 19.2 Å². The quantitative estimate of drug-likeness (QED) is 0.862. The van der Waals surface area contributed by atoms with E-state index in [0.29, 0.717) is 13.0 Å². The molecule has 1 unspecified atom stereocenters. The number of piperidine rings is 1. The smallest absolute Gasteiger partial charge is 0.308 e. The van der Waals surface area contributed by atoms with Crippen molar-refractivity contribution in [1.29, 1.82) is 0 Å². The van der Waals surface area contributed by atoms with Crippen LogP contribution >= 0.6 is 0 Å². The molecule has 1 atom stereocenters. The Hall–Kier alpha value is -1.60. The second kappa shape index (κ2) is 5.80. The molecule has 1 saturated heterocycles. The van der Waals surface area contributed by atoms with Crippen LogP contribution in [0.3, 0.4) is 0 Å². The summed E-state index contributed by atoms with van der Waals surface area (Å²) in [4.78, 5) is 13.2. The summed E-state index contributed by atoms with van der Waals surface area (Å²) in [6.45, 7) is 1.26. The van der Waals surface area contributed by atoms with Crippen LogP contribution in [0.2, 0.25) is 0 Å². The van der Waals surface area contributed by atoms with Crippen LogP contribution in [0, 0.1) is 5.92 Å². The van der Waals surface area contributed by atoms with E-state index >= 15 is 0 Å². The molecule has 0 spiro atoms. The Morgan fingerprint density at radius 1 is 1.35 bits per heavy atom. The molecule has 1 heterocycles. The van der Waals surface area contributed by atoms with E-state index in [-0.39, 0.29) is 10.8 Å². The molecule has 1 aromatic carbocycles. The van der Waals surface area contributed by atoms with Crippen LogP contribution in [0.25, 0.3) is 0 Å². The Labute approximate surface area is 118 Å². The molecule has 0 saturated carbocycles. The summed E-state index contributed by atoms with van der Waals surface area (Å²) in [5, 5.41) is 9.07. The molecule has 0 radical (unpaired) electrons. The lowest BCUT2D eigenvalue weighted by Gasteiger charge is -2.32. The third-order valence-corrected chi connectivity index (χ3v) is 4.98. The monoisotopic (exact) mass is 298 g/mol. The number of hydrogen-bond acceptors (Lipinski definition) is 4. The molecule has 1 aliphatic heterocycles. The maximum Gasteiger partial charge on any atom is 0.308 e. The summed E-state index contributed by atoms with van der Waals surface area (Å²) >= 11 is 0. The third kappa shape index (κ3) is 3.10. The minimum Gasteiger partial charge on any atom is -0.481 e. The second-order valence-electron chi connectivity index (χ2n) is 4.82. The zero-order chi connectivity index (χ0) is 14.8. The number of carboxylic acid groups (broad SMARTS) is 1. The molecular formula is C13H18N2O4S. The Kier molecular flexibility index (Phi) is 4.29. The number of carboxylic acids is 1. The van der Waals surface area contributed by atoms with Crippen molar-refractivity contribution >= 4 is 21.7 Å². The predicted molar refractivity (Wildman–Crippen MR) is 75.3 cm³/mol. The van der Waals surface area contributed by atoms with Crippen LogP contribution in [0.4, 0.5) is 5.69 Å². The maximum atomic E-state index is 11.6. The van der Waals surface area contributed by atoms with Gasteiger partial charge in [-0.15, -0.1) is 0 Å². The van der Waals surface area contributed by atoms with Crippen molar-refractivity contribution in [2.45, 2.75) is 17.7 Å². The average molecular weight is 298 g/mol. The predicted octanol–water partition coefficient (Wildman–Crippen LogP) is 0.896. The normalized spacial score (nSPS) is 19.9. The van der Waals surface area contributed by atoms with Crippen molar-refractivity contribution in [2.75, 3.05) is 25.0 Å². The lowest BCUT2D eigenvalue weighted by molar-refractivity contribution is -0.141. The highest BCUT2D eigenvalue weighted by molar-refractivity contribution is 7.89. The van der Waals surface area contributed by atoms with Gasteiger partial charge >= 0.3 is 5.97 Å². The molecule has 2 rings (SSSR count). The zero-order valence-corrected chi connectivity index (χ0v) is 12.1. The van der Waals surface area contributed by atoms with Gasteiger partial charge in [-0.2, -0.15) is 0 Å². The van der Waals surface area contributed by atoms with Gasteiger partial charge in [0.25, 0.3) is 0 Å². The molecule has 7 heteroatoms. The first kappa shape index (κ1) is 14.8. The molecular weight excluding hydrogens is 280 g/mol. The fourth-order valence-electron chi connectivity index (χ4n) is 2.37. The molecule has 0 bridgehead atoms. The van der Waals surface area contributed by atoms with Crippen LogP contribution < -0.4 is 9.62 Å². The summed E-state index contributed by atoms with van der Waals surface area (Å²) in [5.41, 5.74) is 0.853. The highest BCUT2D eigenvalue weighted by Gasteiger charge is 2.25. The molecule has 0 aromatic heterocycles. The number of nitrogens with one attached hydrogen (secondary N) is 1. The number of sulfonamides is 1. The van der Waals surface area contributed by atoms with Crippen molar-refractivity contribution in [3.8, 4) is 0 Å². The van der Waals surface area contributed by atoms with Crippen LogP contribution in [0.5, 0.6) is 0 Å². The van der Waals surface area contributed by atoms with Gasteiger partial charge in [-0.1, -0.05) is 0 Å². The van der Waals surface area contributed by atoms with E-state index in [2.05, 4.69) is 4.72 Å². The molecule has 1 aliphatic rings. The largest absolute Gasteiger partial charge is 0.481 e.